The molecule has 1 saturated heterocycles. The highest BCUT2D eigenvalue weighted by Crippen LogP contribution is 2.35. The van der Waals surface area contributed by atoms with Crippen LogP contribution in [0, 0.1) is 0 Å². The van der Waals surface area contributed by atoms with Gasteiger partial charge in [-0.2, -0.15) is 0 Å². The lowest BCUT2D eigenvalue weighted by Crippen LogP contribution is -2.35. The van der Waals surface area contributed by atoms with Gasteiger partial charge in [0.2, 0.25) is 0 Å². The van der Waals surface area contributed by atoms with Crippen molar-refractivity contribution in [1.29, 1.82) is 0 Å². The third-order valence-corrected chi connectivity index (χ3v) is 5.68. The van der Waals surface area contributed by atoms with Gasteiger partial charge in [-0.1, -0.05) is 30.3 Å². The van der Waals surface area contributed by atoms with E-state index in [1.165, 1.54) is 35.0 Å². The molecule has 0 bridgehead atoms. The predicted octanol–water partition coefficient (Wildman–Crippen LogP) is 4.58. The number of hydrogen-bond donors (Lipinski definition) is 3. The molecule has 28 heavy (non-hydrogen) atoms. The topological polar surface area (TPSA) is 53.2 Å². The quantitative estimate of drug-likeness (QED) is 0.608. The molecule has 3 aromatic rings. The van der Waals surface area contributed by atoms with Crippen LogP contribution in [-0.2, 0) is 6.42 Å². The van der Waals surface area contributed by atoms with Crippen molar-refractivity contribution in [3.05, 3.63) is 71.3 Å². The molecule has 1 fully saturated rings. The fourth-order valence-corrected chi connectivity index (χ4v) is 4.25. The standard InChI is InChI=1S/C23H23N3O.ClH/c27-23-20-3-1-2-19-16(6-9-21(26-23)22(19)20)14-15-4-7-17(8-5-15)25-18-10-12-24-13-11-18;/h1-9,18,24-25H,10-14H2,(H,26,27);1H. The normalized spacial score (nSPS) is 15.9. The van der Waals surface area contributed by atoms with Crippen LogP contribution >= 0.6 is 12.4 Å². The van der Waals surface area contributed by atoms with E-state index in [2.05, 4.69) is 52.3 Å². The van der Waals surface area contributed by atoms with Gasteiger partial charge in [-0.25, -0.2) is 0 Å². The Morgan fingerprint density at radius 1 is 0.964 bits per heavy atom. The van der Waals surface area contributed by atoms with Crippen molar-refractivity contribution in [2.75, 3.05) is 23.7 Å². The number of hydrogen-bond acceptors (Lipinski definition) is 3. The lowest BCUT2D eigenvalue weighted by Gasteiger charge is -2.24. The fourth-order valence-electron chi connectivity index (χ4n) is 4.25. The van der Waals surface area contributed by atoms with Crippen LogP contribution in [0.3, 0.4) is 0 Å². The van der Waals surface area contributed by atoms with Crippen molar-refractivity contribution in [3.8, 4) is 0 Å². The minimum absolute atomic E-state index is 0. The Labute approximate surface area is 171 Å². The fraction of sp³-hybridized carbons (Fsp3) is 0.261. The van der Waals surface area contributed by atoms with Crippen molar-refractivity contribution in [2.24, 2.45) is 0 Å². The maximum absolute atomic E-state index is 12.1. The van der Waals surface area contributed by atoms with Crippen LogP contribution in [0.1, 0.15) is 34.3 Å². The van der Waals surface area contributed by atoms with Crippen LogP contribution in [0.15, 0.2) is 54.6 Å². The van der Waals surface area contributed by atoms with E-state index in [0.29, 0.717) is 6.04 Å². The Bertz CT molecular complexity index is 1010. The molecule has 3 N–H and O–H groups in total. The van der Waals surface area contributed by atoms with E-state index in [1.54, 1.807) is 0 Å². The van der Waals surface area contributed by atoms with E-state index >= 15 is 0 Å². The zero-order valence-corrected chi connectivity index (χ0v) is 16.4. The molecule has 4 nitrogen and oxygen atoms in total. The minimum Gasteiger partial charge on any atom is -0.382 e. The van der Waals surface area contributed by atoms with Crippen LogP contribution in [0.5, 0.6) is 0 Å². The number of benzene rings is 3. The van der Waals surface area contributed by atoms with E-state index in [-0.39, 0.29) is 18.3 Å². The first-order chi connectivity index (χ1) is 13.3. The third kappa shape index (κ3) is 3.46. The number of nitrogens with one attached hydrogen (secondary N) is 3. The summed E-state index contributed by atoms with van der Waals surface area (Å²) in [6, 6.07) is 19.5. The third-order valence-electron chi connectivity index (χ3n) is 5.68. The van der Waals surface area contributed by atoms with Crippen LogP contribution in [0.4, 0.5) is 11.4 Å². The summed E-state index contributed by atoms with van der Waals surface area (Å²) in [5.41, 5.74) is 5.44. The Morgan fingerprint density at radius 3 is 2.54 bits per heavy atom. The van der Waals surface area contributed by atoms with E-state index in [0.717, 1.165) is 36.1 Å². The molecule has 1 amide bonds. The monoisotopic (exact) mass is 393 g/mol. The van der Waals surface area contributed by atoms with Gasteiger partial charge in [0.05, 0.1) is 0 Å². The number of amides is 1. The minimum atomic E-state index is 0. The van der Waals surface area contributed by atoms with Gasteiger partial charge >= 0.3 is 0 Å². The summed E-state index contributed by atoms with van der Waals surface area (Å²) < 4.78 is 0. The largest absolute Gasteiger partial charge is 0.382 e. The van der Waals surface area contributed by atoms with E-state index in [1.807, 2.05) is 18.2 Å². The molecule has 2 heterocycles. The number of rotatable bonds is 4. The molecule has 5 heteroatoms. The van der Waals surface area contributed by atoms with Gasteiger partial charge in [0.15, 0.2) is 0 Å². The SMILES string of the molecule is Cl.O=C1Nc2ccc(Cc3ccc(NC4CCNCC4)cc3)c3cccc1c23. The van der Waals surface area contributed by atoms with Crippen LogP contribution in [-0.4, -0.2) is 25.0 Å². The first kappa shape index (κ1) is 18.8. The van der Waals surface area contributed by atoms with Gasteiger partial charge in [-0.05, 0) is 73.1 Å². The second-order valence-corrected chi connectivity index (χ2v) is 7.50. The molecule has 0 radical (unpaired) electrons. The number of carbonyl (C=O) groups is 1. The predicted molar refractivity (Wildman–Crippen MR) is 118 cm³/mol. The summed E-state index contributed by atoms with van der Waals surface area (Å²) in [5, 5.41) is 12.2. The molecule has 5 rings (SSSR count). The second kappa shape index (κ2) is 7.82. The maximum atomic E-state index is 12.1. The molecule has 2 aliphatic rings. The average Bonchev–Trinajstić information content (AvgIpc) is 3.04. The lowest BCUT2D eigenvalue weighted by atomic mass is 9.96. The van der Waals surface area contributed by atoms with E-state index in [4.69, 9.17) is 0 Å². The summed E-state index contributed by atoms with van der Waals surface area (Å²) in [6.07, 6.45) is 3.21. The highest BCUT2D eigenvalue weighted by atomic mass is 35.5. The van der Waals surface area contributed by atoms with Crippen molar-refractivity contribution in [3.63, 3.8) is 0 Å². The molecule has 0 unspecified atom stereocenters. The van der Waals surface area contributed by atoms with Gasteiger partial charge in [-0.3, -0.25) is 4.79 Å². The summed E-state index contributed by atoms with van der Waals surface area (Å²) in [4.78, 5) is 12.1. The van der Waals surface area contributed by atoms with E-state index in [9.17, 15) is 4.79 Å². The van der Waals surface area contributed by atoms with Gasteiger partial charge in [0.1, 0.15) is 0 Å². The number of piperidine rings is 1. The summed E-state index contributed by atoms with van der Waals surface area (Å²) in [6.45, 7) is 2.19. The molecule has 2 aliphatic heterocycles. The average molecular weight is 394 g/mol. The maximum Gasteiger partial charge on any atom is 0.256 e. The summed E-state index contributed by atoms with van der Waals surface area (Å²) in [7, 11) is 0. The van der Waals surface area contributed by atoms with Gasteiger partial charge < -0.3 is 16.0 Å². The van der Waals surface area contributed by atoms with E-state index < -0.39 is 0 Å². The van der Waals surface area contributed by atoms with Gasteiger partial charge in [0, 0.05) is 28.4 Å². The summed E-state index contributed by atoms with van der Waals surface area (Å²) >= 11 is 0. The Balaban J connectivity index is 0.00000192. The Morgan fingerprint density at radius 2 is 1.75 bits per heavy atom. The molecular formula is C23H24ClN3O. The highest BCUT2D eigenvalue weighted by Gasteiger charge is 2.22. The molecule has 144 valence electrons. The Hall–Kier alpha value is -2.56. The number of anilines is 2. The first-order valence-electron chi connectivity index (χ1n) is 9.70. The summed E-state index contributed by atoms with van der Waals surface area (Å²) in [5.74, 6) is 0.00101. The molecular weight excluding hydrogens is 370 g/mol. The van der Waals surface area contributed by atoms with Crippen molar-refractivity contribution >= 4 is 40.5 Å². The molecule has 3 aromatic carbocycles. The van der Waals surface area contributed by atoms with Crippen molar-refractivity contribution in [1.82, 2.24) is 5.32 Å². The zero-order chi connectivity index (χ0) is 18.2. The molecule has 0 saturated carbocycles. The van der Waals surface area contributed by atoms with Crippen LogP contribution < -0.4 is 16.0 Å². The van der Waals surface area contributed by atoms with Crippen LogP contribution in [0.25, 0.3) is 10.8 Å². The number of halogens is 1. The lowest BCUT2D eigenvalue weighted by molar-refractivity contribution is 0.103. The second-order valence-electron chi connectivity index (χ2n) is 7.50. The smallest absolute Gasteiger partial charge is 0.256 e. The van der Waals surface area contributed by atoms with Gasteiger partial charge in [0.25, 0.3) is 5.91 Å². The molecule has 0 aromatic heterocycles. The van der Waals surface area contributed by atoms with Gasteiger partial charge in [-0.15, -0.1) is 12.4 Å². The zero-order valence-electron chi connectivity index (χ0n) is 15.6. The first-order valence-corrected chi connectivity index (χ1v) is 9.70. The molecule has 0 aliphatic carbocycles. The molecule has 0 atom stereocenters. The van der Waals surface area contributed by atoms with Crippen LogP contribution in [0.2, 0.25) is 0 Å². The number of carbonyl (C=O) groups excluding carboxylic acids is 1. The van der Waals surface area contributed by atoms with Crippen molar-refractivity contribution < 1.29 is 4.79 Å². The Kier molecular flexibility index (Phi) is 5.25. The highest BCUT2D eigenvalue weighted by molar-refractivity contribution is 6.24. The molecule has 0 spiro atoms. The van der Waals surface area contributed by atoms with Crippen molar-refractivity contribution in [2.45, 2.75) is 25.3 Å².